The van der Waals surface area contributed by atoms with E-state index >= 15 is 0 Å². The number of hydrogen-bond donors (Lipinski definition) is 1. The summed E-state index contributed by atoms with van der Waals surface area (Å²) in [6.45, 7) is 4.64. The lowest BCUT2D eigenvalue weighted by molar-refractivity contribution is 0.247. The van der Waals surface area contributed by atoms with E-state index in [1.807, 2.05) is 0 Å². The van der Waals surface area contributed by atoms with Gasteiger partial charge in [-0.15, -0.1) is 0 Å². The summed E-state index contributed by atoms with van der Waals surface area (Å²) in [7, 11) is 2.12. The lowest BCUT2D eigenvalue weighted by Crippen LogP contribution is -2.26. The standard InChI is InChI=1S/C15H31N/c1-4-6-15(16-3)12-11-14-9-7-13(5-2)8-10-14/h13-16H,4-12H2,1-3H3. The smallest absolute Gasteiger partial charge is 0.00640 e. The molecule has 1 heteroatoms. The minimum Gasteiger partial charge on any atom is -0.317 e. The maximum atomic E-state index is 3.46. The Morgan fingerprint density at radius 1 is 1.00 bits per heavy atom. The van der Waals surface area contributed by atoms with E-state index in [1.54, 1.807) is 0 Å². The van der Waals surface area contributed by atoms with Gasteiger partial charge in [-0.05, 0) is 38.1 Å². The summed E-state index contributed by atoms with van der Waals surface area (Å²) in [5.41, 5.74) is 0. The Morgan fingerprint density at radius 3 is 2.12 bits per heavy atom. The van der Waals surface area contributed by atoms with E-state index < -0.39 is 0 Å². The van der Waals surface area contributed by atoms with E-state index in [4.69, 9.17) is 0 Å². The summed E-state index contributed by atoms with van der Waals surface area (Å²) < 4.78 is 0. The van der Waals surface area contributed by atoms with E-state index in [9.17, 15) is 0 Å². The van der Waals surface area contributed by atoms with Crippen LogP contribution in [-0.2, 0) is 0 Å². The van der Waals surface area contributed by atoms with Crippen molar-refractivity contribution in [3.8, 4) is 0 Å². The van der Waals surface area contributed by atoms with Crippen molar-refractivity contribution < 1.29 is 0 Å². The Bertz CT molecular complexity index is 159. The van der Waals surface area contributed by atoms with Crippen molar-refractivity contribution in [2.24, 2.45) is 11.8 Å². The Kier molecular flexibility index (Phi) is 7.11. The van der Waals surface area contributed by atoms with Crippen LogP contribution >= 0.6 is 0 Å². The average molecular weight is 225 g/mol. The molecular formula is C15H31N. The zero-order valence-corrected chi connectivity index (χ0v) is 11.6. The largest absolute Gasteiger partial charge is 0.317 e. The van der Waals surface area contributed by atoms with Crippen LogP contribution in [0.1, 0.15) is 71.6 Å². The summed E-state index contributed by atoms with van der Waals surface area (Å²) in [6, 6.07) is 0.772. The van der Waals surface area contributed by atoms with E-state index in [1.165, 1.54) is 57.8 Å². The first kappa shape index (κ1) is 14.0. The second-order valence-corrected chi connectivity index (χ2v) is 5.65. The summed E-state index contributed by atoms with van der Waals surface area (Å²) in [5, 5.41) is 3.46. The van der Waals surface area contributed by atoms with Crippen LogP contribution < -0.4 is 5.32 Å². The van der Waals surface area contributed by atoms with Gasteiger partial charge in [-0.2, -0.15) is 0 Å². The first-order valence-electron chi connectivity index (χ1n) is 7.47. The summed E-state index contributed by atoms with van der Waals surface area (Å²) >= 11 is 0. The predicted molar refractivity (Wildman–Crippen MR) is 72.7 cm³/mol. The summed E-state index contributed by atoms with van der Waals surface area (Å²) in [6.07, 6.45) is 12.9. The quantitative estimate of drug-likeness (QED) is 0.678. The molecule has 0 spiro atoms. The van der Waals surface area contributed by atoms with Gasteiger partial charge in [-0.1, -0.05) is 52.4 Å². The number of nitrogens with one attached hydrogen (secondary N) is 1. The molecule has 0 amide bonds. The zero-order chi connectivity index (χ0) is 11.8. The lowest BCUT2D eigenvalue weighted by Gasteiger charge is -2.28. The van der Waals surface area contributed by atoms with Gasteiger partial charge in [0, 0.05) is 6.04 Å². The molecule has 1 atom stereocenters. The lowest BCUT2D eigenvalue weighted by atomic mass is 9.78. The minimum absolute atomic E-state index is 0.772. The second-order valence-electron chi connectivity index (χ2n) is 5.65. The molecule has 0 aromatic carbocycles. The highest BCUT2D eigenvalue weighted by Crippen LogP contribution is 2.33. The Hall–Kier alpha value is -0.0400. The van der Waals surface area contributed by atoms with E-state index in [2.05, 4.69) is 26.2 Å². The summed E-state index contributed by atoms with van der Waals surface area (Å²) in [4.78, 5) is 0. The van der Waals surface area contributed by atoms with Gasteiger partial charge in [0.2, 0.25) is 0 Å². The second kappa shape index (κ2) is 8.11. The molecular weight excluding hydrogens is 194 g/mol. The Labute approximate surface area is 102 Å². The predicted octanol–water partition coefficient (Wildman–Crippen LogP) is 4.37. The topological polar surface area (TPSA) is 12.0 Å². The van der Waals surface area contributed by atoms with Gasteiger partial charge >= 0.3 is 0 Å². The minimum atomic E-state index is 0.772. The molecule has 0 radical (unpaired) electrons. The maximum Gasteiger partial charge on any atom is 0.00640 e. The Balaban J connectivity index is 2.13. The molecule has 0 saturated heterocycles. The molecule has 1 N–H and O–H groups in total. The van der Waals surface area contributed by atoms with Crippen molar-refractivity contribution in [1.29, 1.82) is 0 Å². The van der Waals surface area contributed by atoms with Gasteiger partial charge in [0.1, 0.15) is 0 Å². The molecule has 1 aliphatic rings. The fourth-order valence-corrected chi connectivity index (χ4v) is 3.15. The normalized spacial score (nSPS) is 27.9. The van der Waals surface area contributed by atoms with Crippen LogP contribution in [-0.4, -0.2) is 13.1 Å². The first-order chi connectivity index (χ1) is 7.80. The van der Waals surface area contributed by atoms with E-state index in [-0.39, 0.29) is 0 Å². The maximum absolute atomic E-state index is 3.46. The molecule has 0 aromatic rings. The highest BCUT2D eigenvalue weighted by atomic mass is 14.9. The third kappa shape index (κ3) is 4.86. The van der Waals surface area contributed by atoms with Crippen LogP contribution in [0, 0.1) is 11.8 Å². The molecule has 1 aliphatic carbocycles. The van der Waals surface area contributed by atoms with E-state index in [0.29, 0.717) is 0 Å². The van der Waals surface area contributed by atoms with Crippen molar-refractivity contribution in [2.45, 2.75) is 77.7 Å². The number of rotatable bonds is 7. The molecule has 1 rings (SSSR count). The van der Waals surface area contributed by atoms with Gasteiger partial charge in [0.05, 0.1) is 0 Å². The number of hydrogen-bond acceptors (Lipinski definition) is 1. The molecule has 0 aliphatic heterocycles. The van der Waals surface area contributed by atoms with Gasteiger partial charge < -0.3 is 5.32 Å². The van der Waals surface area contributed by atoms with Gasteiger partial charge in [-0.25, -0.2) is 0 Å². The third-order valence-electron chi connectivity index (χ3n) is 4.51. The highest BCUT2D eigenvalue weighted by molar-refractivity contribution is 4.74. The molecule has 0 bridgehead atoms. The highest BCUT2D eigenvalue weighted by Gasteiger charge is 2.20. The van der Waals surface area contributed by atoms with Crippen LogP contribution in [0.2, 0.25) is 0 Å². The summed E-state index contributed by atoms with van der Waals surface area (Å²) in [5.74, 6) is 2.09. The molecule has 1 unspecified atom stereocenters. The fourth-order valence-electron chi connectivity index (χ4n) is 3.15. The molecule has 16 heavy (non-hydrogen) atoms. The Morgan fingerprint density at radius 2 is 1.62 bits per heavy atom. The van der Waals surface area contributed by atoms with Crippen LogP contribution in [0.25, 0.3) is 0 Å². The van der Waals surface area contributed by atoms with Gasteiger partial charge in [0.15, 0.2) is 0 Å². The van der Waals surface area contributed by atoms with Crippen molar-refractivity contribution in [3.63, 3.8) is 0 Å². The zero-order valence-electron chi connectivity index (χ0n) is 11.6. The van der Waals surface area contributed by atoms with Crippen LogP contribution in [0.5, 0.6) is 0 Å². The molecule has 1 saturated carbocycles. The molecule has 1 nitrogen and oxygen atoms in total. The monoisotopic (exact) mass is 225 g/mol. The van der Waals surface area contributed by atoms with Crippen molar-refractivity contribution in [3.05, 3.63) is 0 Å². The van der Waals surface area contributed by atoms with Crippen LogP contribution in [0.3, 0.4) is 0 Å². The molecule has 1 fully saturated rings. The van der Waals surface area contributed by atoms with Gasteiger partial charge in [0.25, 0.3) is 0 Å². The van der Waals surface area contributed by atoms with Crippen molar-refractivity contribution in [2.75, 3.05) is 7.05 Å². The molecule has 0 aromatic heterocycles. The van der Waals surface area contributed by atoms with Gasteiger partial charge in [-0.3, -0.25) is 0 Å². The van der Waals surface area contributed by atoms with Crippen molar-refractivity contribution in [1.82, 2.24) is 5.32 Å². The van der Waals surface area contributed by atoms with Crippen LogP contribution in [0.4, 0.5) is 0 Å². The molecule has 96 valence electrons. The average Bonchev–Trinajstić information content (AvgIpc) is 2.35. The SMILES string of the molecule is CCCC(CCC1CCC(CC)CC1)NC. The third-order valence-corrected chi connectivity index (χ3v) is 4.51. The van der Waals surface area contributed by atoms with E-state index in [0.717, 1.165) is 17.9 Å². The molecule has 0 heterocycles. The fraction of sp³-hybridized carbons (Fsp3) is 1.00. The first-order valence-corrected chi connectivity index (χ1v) is 7.47. The van der Waals surface area contributed by atoms with Crippen LogP contribution in [0.15, 0.2) is 0 Å². The van der Waals surface area contributed by atoms with Crippen molar-refractivity contribution >= 4 is 0 Å².